The SMILES string of the molecule is CC1(C)Oc2cc3cc4ccccc4cc3cc2-c2cc3cc4ccccc4cc3cc21. The van der Waals surface area contributed by atoms with Gasteiger partial charge < -0.3 is 4.74 Å². The van der Waals surface area contributed by atoms with Crippen molar-refractivity contribution in [3.8, 4) is 16.9 Å². The van der Waals surface area contributed by atoms with Gasteiger partial charge in [-0.3, -0.25) is 0 Å². The molecule has 0 saturated heterocycles. The second-order valence-electron chi connectivity index (χ2n) is 9.45. The van der Waals surface area contributed by atoms with E-state index in [0.29, 0.717) is 0 Å². The third-order valence-corrected chi connectivity index (χ3v) is 6.95. The van der Waals surface area contributed by atoms with Crippen LogP contribution < -0.4 is 4.74 Å². The van der Waals surface area contributed by atoms with Gasteiger partial charge >= 0.3 is 0 Å². The quantitative estimate of drug-likeness (QED) is 0.228. The fourth-order valence-electron chi connectivity index (χ4n) is 5.31. The van der Waals surface area contributed by atoms with Crippen molar-refractivity contribution < 1.29 is 4.74 Å². The third kappa shape index (κ3) is 2.51. The van der Waals surface area contributed by atoms with Crippen molar-refractivity contribution in [3.63, 3.8) is 0 Å². The molecular weight excluding hydrogens is 388 g/mol. The molecule has 0 saturated carbocycles. The first-order valence-electron chi connectivity index (χ1n) is 11.2. The van der Waals surface area contributed by atoms with Crippen LogP contribution in [-0.2, 0) is 5.60 Å². The van der Waals surface area contributed by atoms with E-state index in [1.807, 2.05) is 0 Å². The van der Waals surface area contributed by atoms with Crippen molar-refractivity contribution in [3.05, 3.63) is 103 Å². The van der Waals surface area contributed by atoms with E-state index < -0.39 is 5.60 Å². The van der Waals surface area contributed by atoms with Gasteiger partial charge in [0.25, 0.3) is 0 Å². The van der Waals surface area contributed by atoms with Crippen LogP contribution in [0.2, 0.25) is 0 Å². The maximum absolute atomic E-state index is 6.60. The highest BCUT2D eigenvalue weighted by Gasteiger charge is 2.33. The normalized spacial score (nSPS) is 14.4. The van der Waals surface area contributed by atoms with Crippen molar-refractivity contribution in [1.29, 1.82) is 0 Å². The predicted octanol–water partition coefficient (Wildman–Crippen LogP) is 8.59. The largest absolute Gasteiger partial charge is 0.482 e. The van der Waals surface area contributed by atoms with Crippen LogP contribution in [0.4, 0.5) is 0 Å². The summed E-state index contributed by atoms with van der Waals surface area (Å²) in [6.07, 6.45) is 0. The fourth-order valence-corrected chi connectivity index (χ4v) is 5.31. The maximum Gasteiger partial charge on any atom is 0.129 e. The Bertz CT molecular complexity index is 1720. The van der Waals surface area contributed by atoms with Gasteiger partial charge in [0.05, 0.1) is 0 Å². The molecule has 1 nitrogen and oxygen atoms in total. The summed E-state index contributed by atoms with van der Waals surface area (Å²) in [5.41, 5.74) is 3.30. The zero-order chi connectivity index (χ0) is 21.4. The Morgan fingerprint density at radius 3 is 1.44 bits per heavy atom. The third-order valence-electron chi connectivity index (χ3n) is 6.95. The van der Waals surface area contributed by atoms with Gasteiger partial charge in [0, 0.05) is 11.1 Å². The second-order valence-corrected chi connectivity index (χ2v) is 9.45. The van der Waals surface area contributed by atoms with Crippen LogP contribution in [0.5, 0.6) is 5.75 Å². The molecule has 1 aliphatic heterocycles. The van der Waals surface area contributed by atoms with E-state index >= 15 is 0 Å². The molecule has 0 N–H and O–H groups in total. The van der Waals surface area contributed by atoms with E-state index in [1.165, 1.54) is 59.8 Å². The van der Waals surface area contributed by atoms with Gasteiger partial charge in [-0.05, 0) is 111 Å². The molecule has 7 rings (SSSR count). The summed E-state index contributed by atoms with van der Waals surface area (Å²) in [4.78, 5) is 0. The molecule has 0 unspecified atom stereocenters. The smallest absolute Gasteiger partial charge is 0.129 e. The summed E-state index contributed by atoms with van der Waals surface area (Å²) in [5.74, 6) is 0.963. The van der Waals surface area contributed by atoms with Gasteiger partial charge in [0.2, 0.25) is 0 Å². The fraction of sp³-hybridized carbons (Fsp3) is 0.0968. The molecule has 6 aromatic rings. The van der Waals surface area contributed by atoms with Crippen LogP contribution in [0.1, 0.15) is 19.4 Å². The molecule has 6 aromatic carbocycles. The molecule has 152 valence electrons. The summed E-state index contributed by atoms with van der Waals surface area (Å²) in [6.45, 7) is 4.35. The van der Waals surface area contributed by atoms with E-state index in [1.54, 1.807) is 0 Å². The molecule has 0 aromatic heterocycles. The molecule has 0 spiro atoms. The lowest BCUT2D eigenvalue weighted by molar-refractivity contribution is 0.106. The number of rotatable bonds is 0. The molecule has 0 fully saturated rings. The van der Waals surface area contributed by atoms with Gasteiger partial charge in [0.1, 0.15) is 11.4 Å². The molecule has 0 bridgehead atoms. The highest BCUT2D eigenvalue weighted by molar-refractivity contribution is 6.04. The lowest BCUT2D eigenvalue weighted by Gasteiger charge is -2.35. The van der Waals surface area contributed by atoms with E-state index in [-0.39, 0.29) is 0 Å². The van der Waals surface area contributed by atoms with Gasteiger partial charge in [-0.15, -0.1) is 0 Å². The standard InChI is InChI=1S/C31H22O/c1-31(2)29-17-25-13-21-9-5-3-7-19(21)11-23(25)15-27(29)28-16-24-12-20-8-4-6-10-22(20)14-26(24)18-30(28)32-31/h3-18H,1-2H3. The van der Waals surface area contributed by atoms with E-state index in [9.17, 15) is 0 Å². The predicted molar refractivity (Wildman–Crippen MR) is 136 cm³/mol. The molecule has 1 heteroatoms. The van der Waals surface area contributed by atoms with Gasteiger partial charge in [-0.25, -0.2) is 0 Å². The lowest BCUT2D eigenvalue weighted by atomic mass is 9.83. The van der Waals surface area contributed by atoms with Crippen LogP contribution in [0, 0.1) is 0 Å². The number of fused-ring (bicyclic) bond motifs is 7. The van der Waals surface area contributed by atoms with E-state index in [2.05, 4.69) is 111 Å². The van der Waals surface area contributed by atoms with E-state index in [4.69, 9.17) is 4.74 Å². The topological polar surface area (TPSA) is 9.23 Å². The summed E-state index contributed by atoms with van der Waals surface area (Å²) in [7, 11) is 0. The van der Waals surface area contributed by atoms with Crippen LogP contribution in [0.25, 0.3) is 54.2 Å². The number of hydrogen-bond acceptors (Lipinski definition) is 1. The van der Waals surface area contributed by atoms with Crippen molar-refractivity contribution in [2.75, 3.05) is 0 Å². The van der Waals surface area contributed by atoms with Crippen LogP contribution in [-0.4, -0.2) is 0 Å². The van der Waals surface area contributed by atoms with Crippen LogP contribution in [0.3, 0.4) is 0 Å². The Morgan fingerprint density at radius 1 is 0.469 bits per heavy atom. The van der Waals surface area contributed by atoms with Crippen molar-refractivity contribution in [2.24, 2.45) is 0 Å². The van der Waals surface area contributed by atoms with Crippen LogP contribution in [0.15, 0.2) is 97.1 Å². The van der Waals surface area contributed by atoms with Gasteiger partial charge in [-0.2, -0.15) is 0 Å². The molecule has 32 heavy (non-hydrogen) atoms. The maximum atomic E-state index is 6.60. The summed E-state index contributed by atoms with van der Waals surface area (Å²) in [6, 6.07) is 35.5. The number of ether oxygens (including phenoxy) is 1. The average molecular weight is 411 g/mol. The molecule has 1 aliphatic rings. The zero-order valence-electron chi connectivity index (χ0n) is 18.1. The first-order valence-corrected chi connectivity index (χ1v) is 11.2. The van der Waals surface area contributed by atoms with Crippen molar-refractivity contribution >= 4 is 43.1 Å². The monoisotopic (exact) mass is 410 g/mol. The molecule has 0 aliphatic carbocycles. The molecule has 1 heterocycles. The summed E-state index contributed by atoms with van der Waals surface area (Å²) in [5, 5.41) is 10.1. The summed E-state index contributed by atoms with van der Waals surface area (Å²) >= 11 is 0. The highest BCUT2D eigenvalue weighted by atomic mass is 16.5. The Morgan fingerprint density at radius 2 is 0.906 bits per heavy atom. The van der Waals surface area contributed by atoms with Gasteiger partial charge in [-0.1, -0.05) is 48.5 Å². The Balaban J connectivity index is 1.55. The number of benzene rings is 6. The Hall–Kier alpha value is -3.84. The zero-order valence-corrected chi connectivity index (χ0v) is 18.1. The molecule has 0 radical (unpaired) electrons. The molecule has 0 amide bonds. The first kappa shape index (κ1) is 17.8. The molecule has 0 atom stereocenters. The minimum absolute atomic E-state index is 0.396. The minimum atomic E-state index is -0.396. The second kappa shape index (κ2) is 6.11. The molecular formula is C31H22O. The van der Waals surface area contributed by atoms with Crippen molar-refractivity contribution in [2.45, 2.75) is 19.4 Å². The highest BCUT2D eigenvalue weighted by Crippen LogP contribution is 2.48. The Kier molecular flexibility index (Phi) is 3.40. The minimum Gasteiger partial charge on any atom is -0.482 e. The first-order chi connectivity index (χ1) is 15.5. The average Bonchev–Trinajstić information content (AvgIpc) is 2.79. The Labute approximate surface area is 186 Å². The van der Waals surface area contributed by atoms with Crippen molar-refractivity contribution in [1.82, 2.24) is 0 Å². The van der Waals surface area contributed by atoms with Crippen LogP contribution >= 0.6 is 0 Å². The van der Waals surface area contributed by atoms with Gasteiger partial charge in [0.15, 0.2) is 0 Å². The number of hydrogen-bond donors (Lipinski definition) is 0. The summed E-state index contributed by atoms with van der Waals surface area (Å²) < 4.78 is 6.60. The van der Waals surface area contributed by atoms with E-state index in [0.717, 1.165) is 5.75 Å². The lowest BCUT2D eigenvalue weighted by Crippen LogP contribution is -2.29.